The monoisotopic (exact) mass is 422 g/mol. The van der Waals surface area contributed by atoms with Gasteiger partial charge in [0.05, 0.1) is 18.7 Å². The summed E-state index contributed by atoms with van der Waals surface area (Å²) in [5.41, 5.74) is 1.53. The second kappa shape index (κ2) is 8.05. The molecule has 160 valence electrons. The van der Waals surface area contributed by atoms with E-state index in [4.69, 9.17) is 4.74 Å². The number of benzene rings is 1. The molecule has 0 aliphatic carbocycles. The molecule has 2 amide bonds. The summed E-state index contributed by atoms with van der Waals surface area (Å²) in [6.45, 7) is 3.72. The molecular weight excluding hydrogens is 400 g/mol. The van der Waals surface area contributed by atoms with Crippen LogP contribution in [-0.4, -0.2) is 45.2 Å². The van der Waals surface area contributed by atoms with Crippen LogP contribution in [0.1, 0.15) is 17.8 Å². The van der Waals surface area contributed by atoms with Gasteiger partial charge < -0.3 is 15.0 Å². The van der Waals surface area contributed by atoms with Crippen LogP contribution in [0.2, 0.25) is 0 Å². The summed E-state index contributed by atoms with van der Waals surface area (Å²) < 4.78 is 6.59. The van der Waals surface area contributed by atoms with Crippen molar-refractivity contribution in [2.75, 3.05) is 23.9 Å². The third kappa shape index (κ3) is 4.18. The number of carbonyl (C=O) groups is 2. The van der Waals surface area contributed by atoms with Crippen LogP contribution in [-0.2, 0) is 9.59 Å². The molecule has 0 bridgehead atoms. The van der Waals surface area contributed by atoms with Crippen molar-refractivity contribution in [1.29, 1.82) is 0 Å². The Morgan fingerprint density at radius 3 is 2.74 bits per heavy atom. The summed E-state index contributed by atoms with van der Waals surface area (Å²) in [7, 11) is 1.56. The van der Waals surface area contributed by atoms with Gasteiger partial charge in [-0.25, -0.2) is 4.98 Å². The number of aryl methyl sites for hydroxylation is 2. The van der Waals surface area contributed by atoms with E-state index < -0.39 is 5.92 Å². The minimum atomic E-state index is -0.535. The minimum Gasteiger partial charge on any atom is -0.497 e. The van der Waals surface area contributed by atoms with Crippen LogP contribution in [0.4, 0.5) is 11.5 Å². The molecule has 1 atom stereocenters. The Morgan fingerprint density at radius 2 is 2.00 bits per heavy atom. The van der Waals surface area contributed by atoms with Crippen molar-refractivity contribution in [2.45, 2.75) is 20.3 Å². The van der Waals surface area contributed by atoms with Gasteiger partial charge in [-0.2, -0.15) is 9.78 Å². The van der Waals surface area contributed by atoms with E-state index in [1.807, 2.05) is 0 Å². The van der Waals surface area contributed by atoms with Crippen LogP contribution in [0.15, 0.2) is 41.2 Å². The molecule has 10 heteroatoms. The first kappa shape index (κ1) is 20.3. The maximum atomic E-state index is 12.9. The summed E-state index contributed by atoms with van der Waals surface area (Å²) >= 11 is 0. The zero-order valence-corrected chi connectivity index (χ0v) is 17.4. The number of methoxy groups -OCH3 is 1. The number of nitrogens with zero attached hydrogens (tertiary/aromatic N) is 4. The van der Waals surface area contributed by atoms with Gasteiger partial charge in [0.25, 0.3) is 5.56 Å². The first-order chi connectivity index (χ1) is 14.8. The molecule has 1 fully saturated rings. The molecule has 4 rings (SSSR count). The lowest BCUT2D eigenvalue weighted by Crippen LogP contribution is -2.28. The number of nitrogens with one attached hydrogen (secondary N) is 2. The molecule has 0 unspecified atom stereocenters. The van der Waals surface area contributed by atoms with Gasteiger partial charge >= 0.3 is 0 Å². The molecule has 2 aromatic heterocycles. The van der Waals surface area contributed by atoms with E-state index in [0.717, 1.165) is 0 Å². The largest absolute Gasteiger partial charge is 0.497 e. The zero-order chi connectivity index (χ0) is 22.1. The average Bonchev–Trinajstić information content (AvgIpc) is 3.29. The molecular formula is C21H22N6O4. The van der Waals surface area contributed by atoms with Crippen LogP contribution in [0, 0.1) is 19.8 Å². The van der Waals surface area contributed by atoms with Gasteiger partial charge in [-0.15, -0.1) is 0 Å². The molecule has 1 aliphatic heterocycles. The molecule has 0 saturated carbocycles. The fourth-order valence-corrected chi connectivity index (χ4v) is 3.55. The Balaban J connectivity index is 1.54. The predicted octanol–water partition coefficient (Wildman–Crippen LogP) is 1.57. The maximum Gasteiger partial charge on any atom is 0.252 e. The van der Waals surface area contributed by atoms with Crippen molar-refractivity contribution in [3.63, 3.8) is 0 Å². The molecule has 3 heterocycles. The standard InChI is InChI=1S/C21H22N6O4/c1-12-8-18(28)24-21(22-12)27-17(7-13(2)25-27)23-20(30)14-9-19(29)26(11-14)15-5-4-6-16(10-15)31-3/h4-8,10,14H,9,11H2,1-3H3,(H,23,30)(H,22,24,28)/t14-/m0/s1. The highest BCUT2D eigenvalue weighted by Gasteiger charge is 2.35. The van der Waals surface area contributed by atoms with Crippen LogP contribution in [0.3, 0.4) is 0 Å². The molecule has 2 N–H and O–H groups in total. The average molecular weight is 422 g/mol. The van der Waals surface area contributed by atoms with E-state index in [1.165, 1.54) is 10.7 Å². The Hall–Kier alpha value is -3.95. The van der Waals surface area contributed by atoms with Gasteiger partial charge in [-0.3, -0.25) is 19.4 Å². The van der Waals surface area contributed by atoms with Crippen molar-refractivity contribution in [2.24, 2.45) is 5.92 Å². The predicted molar refractivity (Wildman–Crippen MR) is 114 cm³/mol. The number of aromatic nitrogens is 4. The number of hydrogen-bond acceptors (Lipinski definition) is 6. The van der Waals surface area contributed by atoms with E-state index in [0.29, 0.717) is 28.6 Å². The number of amides is 2. The summed E-state index contributed by atoms with van der Waals surface area (Å²) in [6.07, 6.45) is 0.0929. The maximum absolute atomic E-state index is 12.9. The van der Waals surface area contributed by atoms with E-state index >= 15 is 0 Å². The van der Waals surface area contributed by atoms with E-state index in [-0.39, 0.29) is 36.3 Å². The quantitative estimate of drug-likeness (QED) is 0.644. The number of ether oxygens (including phenoxy) is 1. The van der Waals surface area contributed by atoms with Crippen LogP contribution < -0.4 is 20.5 Å². The number of carbonyl (C=O) groups excluding carboxylic acids is 2. The molecule has 3 aromatic rings. The Kier molecular flexibility index (Phi) is 5.28. The first-order valence-corrected chi connectivity index (χ1v) is 9.74. The molecule has 10 nitrogen and oxygen atoms in total. The summed E-state index contributed by atoms with van der Waals surface area (Å²) in [4.78, 5) is 45.8. The molecule has 0 spiro atoms. The van der Waals surface area contributed by atoms with E-state index in [9.17, 15) is 14.4 Å². The van der Waals surface area contributed by atoms with Gasteiger partial charge in [0, 0.05) is 42.5 Å². The Labute approximate surface area is 177 Å². The van der Waals surface area contributed by atoms with Crippen LogP contribution >= 0.6 is 0 Å². The molecule has 31 heavy (non-hydrogen) atoms. The van der Waals surface area contributed by atoms with Crippen molar-refractivity contribution in [3.05, 3.63) is 58.1 Å². The number of aromatic amines is 1. The lowest BCUT2D eigenvalue weighted by Gasteiger charge is -2.17. The second-order valence-electron chi connectivity index (χ2n) is 7.39. The third-order valence-corrected chi connectivity index (χ3v) is 5.00. The summed E-state index contributed by atoms with van der Waals surface area (Å²) in [6, 6.07) is 10.2. The lowest BCUT2D eigenvalue weighted by atomic mass is 10.1. The van der Waals surface area contributed by atoms with Gasteiger partial charge in [0.1, 0.15) is 11.6 Å². The van der Waals surface area contributed by atoms with Crippen LogP contribution in [0.5, 0.6) is 5.75 Å². The molecule has 1 aliphatic rings. The smallest absolute Gasteiger partial charge is 0.252 e. The number of anilines is 2. The molecule has 0 radical (unpaired) electrons. The number of rotatable bonds is 5. The normalized spacial score (nSPS) is 15.9. The molecule has 1 aromatic carbocycles. The highest BCUT2D eigenvalue weighted by atomic mass is 16.5. The number of H-pyrrole nitrogens is 1. The van der Waals surface area contributed by atoms with Gasteiger partial charge in [-0.05, 0) is 26.0 Å². The SMILES string of the molecule is COc1cccc(N2C[C@@H](C(=O)Nc3cc(C)nn3-c3nc(C)cc(=O)[nH]3)CC2=O)c1. The number of hydrogen-bond donors (Lipinski definition) is 2. The van der Waals surface area contributed by atoms with Crippen molar-refractivity contribution in [1.82, 2.24) is 19.7 Å². The fraction of sp³-hybridized carbons (Fsp3) is 0.286. The van der Waals surface area contributed by atoms with Gasteiger partial charge in [-0.1, -0.05) is 6.07 Å². The summed E-state index contributed by atoms with van der Waals surface area (Å²) in [5, 5.41) is 7.14. The Bertz CT molecular complexity index is 1210. The fourth-order valence-electron chi connectivity index (χ4n) is 3.55. The van der Waals surface area contributed by atoms with Gasteiger partial charge in [0.15, 0.2) is 0 Å². The second-order valence-corrected chi connectivity index (χ2v) is 7.39. The summed E-state index contributed by atoms with van der Waals surface area (Å²) in [5.74, 6) is 0.221. The highest BCUT2D eigenvalue weighted by molar-refractivity contribution is 6.03. The van der Waals surface area contributed by atoms with E-state index in [1.54, 1.807) is 56.2 Å². The minimum absolute atomic E-state index is 0.0929. The Morgan fingerprint density at radius 1 is 1.19 bits per heavy atom. The zero-order valence-electron chi connectivity index (χ0n) is 17.4. The van der Waals surface area contributed by atoms with Crippen LogP contribution in [0.25, 0.3) is 5.95 Å². The topological polar surface area (TPSA) is 122 Å². The molecule has 1 saturated heterocycles. The first-order valence-electron chi connectivity index (χ1n) is 9.74. The van der Waals surface area contributed by atoms with E-state index in [2.05, 4.69) is 20.4 Å². The van der Waals surface area contributed by atoms with Gasteiger partial charge in [0.2, 0.25) is 17.8 Å². The highest BCUT2D eigenvalue weighted by Crippen LogP contribution is 2.28. The lowest BCUT2D eigenvalue weighted by molar-refractivity contribution is -0.122. The van der Waals surface area contributed by atoms with Crippen molar-refractivity contribution < 1.29 is 14.3 Å². The third-order valence-electron chi connectivity index (χ3n) is 5.00. The van der Waals surface area contributed by atoms with Crippen molar-refractivity contribution in [3.8, 4) is 11.7 Å². The van der Waals surface area contributed by atoms with Crippen molar-refractivity contribution >= 4 is 23.3 Å².